The molecule has 0 aromatic heterocycles. The van der Waals surface area contributed by atoms with Gasteiger partial charge in [0.1, 0.15) is 11.2 Å². The van der Waals surface area contributed by atoms with Crippen LogP contribution >= 0.6 is 23.2 Å². The van der Waals surface area contributed by atoms with E-state index in [2.05, 4.69) is 12.2 Å². The summed E-state index contributed by atoms with van der Waals surface area (Å²) in [4.78, 5) is 0.352. The van der Waals surface area contributed by atoms with Gasteiger partial charge in [-0.3, -0.25) is 0 Å². The second-order valence-electron chi connectivity index (χ2n) is 10.7. The molecule has 8 unspecified atom stereocenters. The van der Waals surface area contributed by atoms with Crippen molar-refractivity contribution in [2.75, 3.05) is 5.34 Å². The Kier molecular flexibility index (Phi) is 5.84. The molecule has 4 aliphatic carbocycles. The molecule has 2 aromatic carbocycles. The number of alkyl halides is 2. The molecular formula is C28H28Cl2O5S2. The van der Waals surface area contributed by atoms with Crippen LogP contribution < -0.4 is 0 Å². The van der Waals surface area contributed by atoms with Gasteiger partial charge in [-0.15, -0.1) is 23.2 Å². The highest BCUT2D eigenvalue weighted by Gasteiger charge is 2.96. The lowest BCUT2D eigenvalue weighted by atomic mass is 9.73. The Labute approximate surface area is 228 Å². The lowest BCUT2D eigenvalue weighted by Crippen LogP contribution is -2.54. The van der Waals surface area contributed by atoms with Crippen LogP contribution in [0.4, 0.5) is 0 Å². The second-order valence-corrected chi connectivity index (χ2v) is 15.7. The maximum atomic E-state index is 14.3. The average molecular weight is 580 g/mol. The third-order valence-corrected chi connectivity index (χ3v) is 13.7. The van der Waals surface area contributed by atoms with Gasteiger partial charge >= 0.3 is 0 Å². The minimum absolute atomic E-state index is 0.135. The molecule has 1 saturated heterocycles. The fraction of sp³-hybridized carbons (Fsp3) is 0.429. The molecule has 0 amide bonds. The first kappa shape index (κ1) is 25.6. The van der Waals surface area contributed by atoms with Crippen molar-refractivity contribution in [1.29, 1.82) is 0 Å². The van der Waals surface area contributed by atoms with Gasteiger partial charge in [0.15, 0.2) is 19.7 Å². The molecule has 9 heteroatoms. The van der Waals surface area contributed by atoms with Crippen molar-refractivity contribution in [3.8, 4) is 0 Å². The topological polar surface area (TPSA) is 80.8 Å². The molecule has 2 aromatic rings. The zero-order valence-electron chi connectivity index (χ0n) is 20.4. The maximum Gasteiger partial charge on any atom is 0.183 e. The summed E-state index contributed by atoms with van der Waals surface area (Å²) in [7, 11) is -7.93. The molecule has 4 bridgehead atoms. The van der Waals surface area contributed by atoms with Gasteiger partial charge in [-0.2, -0.15) is 0 Å². The second kappa shape index (κ2) is 8.43. The molecule has 0 radical (unpaired) electrons. The minimum Gasteiger partial charge on any atom is -0.360 e. The Hall–Kier alpha value is -1.64. The van der Waals surface area contributed by atoms with E-state index in [4.69, 9.17) is 27.9 Å². The van der Waals surface area contributed by atoms with Crippen LogP contribution in [0.25, 0.3) is 0 Å². The quantitative estimate of drug-likeness (QED) is 0.275. The van der Waals surface area contributed by atoms with E-state index in [1.165, 1.54) is 0 Å². The smallest absolute Gasteiger partial charge is 0.183 e. The third-order valence-electron chi connectivity index (χ3n) is 9.10. The van der Waals surface area contributed by atoms with Crippen molar-refractivity contribution in [3.05, 3.63) is 84.0 Å². The number of ether oxygens (including phenoxy) is 1. The fourth-order valence-electron chi connectivity index (χ4n) is 8.14. The van der Waals surface area contributed by atoms with Gasteiger partial charge < -0.3 is 4.74 Å². The summed E-state index contributed by atoms with van der Waals surface area (Å²) in [5, 5.41) is -1.98. The number of benzene rings is 2. The standard InChI is InChI=1S/C27H26O5S2.CH2Cl2/c1-16(2)21-22-24(33(28,29)19-9-5-3-6-10-19)25(34(30,31)20-11-7-4-8-12-20)23(21)27-18-14-13-17(15-18)26(22,27)32-27;2-1-3/h3-14,17-18,22-25H,15H2,1-2H3;1H2. The molecule has 4 fully saturated rings. The highest BCUT2D eigenvalue weighted by molar-refractivity contribution is 7.96. The van der Waals surface area contributed by atoms with Crippen LogP contribution in [0.5, 0.6) is 0 Å². The molecule has 5 aliphatic rings. The van der Waals surface area contributed by atoms with Gasteiger partial charge in [-0.25, -0.2) is 16.8 Å². The van der Waals surface area contributed by atoms with E-state index in [1.54, 1.807) is 60.7 Å². The Morgan fingerprint density at radius 1 is 0.784 bits per heavy atom. The third kappa shape index (κ3) is 3.06. The van der Waals surface area contributed by atoms with Crippen LogP contribution in [-0.4, -0.2) is 43.9 Å². The Morgan fingerprint density at radius 3 is 1.51 bits per heavy atom. The van der Waals surface area contributed by atoms with Gasteiger partial charge in [-0.05, 0) is 44.5 Å². The van der Waals surface area contributed by atoms with E-state index in [0.29, 0.717) is 0 Å². The molecule has 37 heavy (non-hydrogen) atoms. The number of rotatable bonds is 4. The largest absolute Gasteiger partial charge is 0.360 e. The monoisotopic (exact) mass is 578 g/mol. The van der Waals surface area contributed by atoms with Gasteiger partial charge in [0.25, 0.3) is 0 Å². The Bertz CT molecular complexity index is 1410. The van der Waals surface area contributed by atoms with Gasteiger partial charge in [0.05, 0.1) is 25.6 Å². The van der Waals surface area contributed by atoms with E-state index in [1.807, 2.05) is 13.8 Å². The SMILES string of the molecule is CC(C)=C1C2C(S(=O)(=O)c3ccccc3)C(S(=O)(=O)c3ccccc3)C1C13OC21C1C=CC3C1.ClCCl. The zero-order valence-corrected chi connectivity index (χ0v) is 23.6. The van der Waals surface area contributed by atoms with Gasteiger partial charge in [0, 0.05) is 23.7 Å². The highest BCUT2D eigenvalue weighted by atomic mass is 35.5. The summed E-state index contributed by atoms with van der Waals surface area (Å²) >= 11 is 9.53. The number of fused-ring (bicyclic) bond motifs is 4. The average Bonchev–Trinajstić information content (AvgIpc) is 3.20. The number of allylic oxidation sites excluding steroid dienone is 1. The fourth-order valence-corrected chi connectivity index (χ4v) is 13.2. The number of epoxide rings is 1. The van der Waals surface area contributed by atoms with Crippen molar-refractivity contribution in [1.82, 2.24) is 0 Å². The highest BCUT2D eigenvalue weighted by Crippen LogP contribution is 2.85. The number of sulfone groups is 2. The van der Waals surface area contributed by atoms with Crippen LogP contribution in [0, 0.1) is 23.7 Å². The predicted octanol–water partition coefficient (Wildman–Crippen LogP) is 5.40. The molecular weight excluding hydrogens is 551 g/mol. The predicted molar refractivity (Wildman–Crippen MR) is 144 cm³/mol. The van der Waals surface area contributed by atoms with Crippen molar-refractivity contribution in [2.45, 2.75) is 51.8 Å². The molecule has 1 aliphatic heterocycles. The molecule has 0 N–H and O–H groups in total. The first-order valence-electron chi connectivity index (χ1n) is 12.4. The summed E-state index contributed by atoms with van der Waals surface area (Å²) < 4.78 is 63.7. The van der Waals surface area contributed by atoms with Crippen LogP contribution in [0.1, 0.15) is 20.3 Å². The van der Waals surface area contributed by atoms with E-state index >= 15 is 0 Å². The van der Waals surface area contributed by atoms with E-state index < -0.39 is 53.2 Å². The van der Waals surface area contributed by atoms with Crippen molar-refractivity contribution in [3.63, 3.8) is 0 Å². The lowest BCUT2D eigenvalue weighted by molar-refractivity contribution is 0.123. The first-order valence-corrected chi connectivity index (χ1v) is 16.5. The van der Waals surface area contributed by atoms with Crippen LogP contribution in [0.2, 0.25) is 0 Å². The van der Waals surface area contributed by atoms with E-state index in [9.17, 15) is 16.8 Å². The van der Waals surface area contributed by atoms with Crippen molar-refractivity contribution >= 4 is 42.9 Å². The molecule has 196 valence electrons. The lowest BCUT2D eigenvalue weighted by Gasteiger charge is -2.36. The number of hydrogen-bond donors (Lipinski definition) is 0. The Balaban J connectivity index is 0.000000804. The zero-order chi connectivity index (χ0) is 26.4. The minimum atomic E-state index is -3.96. The number of halogens is 2. The molecule has 7 rings (SSSR count). The molecule has 1 heterocycles. The molecule has 3 saturated carbocycles. The van der Waals surface area contributed by atoms with E-state index in [-0.39, 0.29) is 27.0 Å². The summed E-state index contributed by atoms with van der Waals surface area (Å²) in [5.74, 6) is -0.654. The summed E-state index contributed by atoms with van der Waals surface area (Å²) in [6, 6.07) is 16.6. The van der Waals surface area contributed by atoms with Crippen molar-refractivity contribution in [2.24, 2.45) is 23.7 Å². The first-order chi connectivity index (χ1) is 17.6. The van der Waals surface area contributed by atoms with Gasteiger partial charge in [-0.1, -0.05) is 59.7 Å². The van der Waals surface area contributed by atoms with Gasteiger partial charge in [0.2, 0.25) is 0 Å². The van der Waals surface area contributed by atoms with Crippen LogP contribution in [0.15, 0.2) is 93.8 Å². The molecule has 5 nitrogen and oxygen atoms in total. The maximum absolute atomic E-state index is 14.3. The normalized spacial score (nSPS) is 38.1. The number of hydrogen-bond acceptors (Lipinski definition) is 5. The molecule has 8 atom stereocenters. The van der Waals surface area contributed by atoms with Crippen LogP contribution in [-0.2, 0) is 24.4 Å². The van der Waals surface area contributed by atoms with Crippen molar-refractivity contribution < 1.29 is 21.6 Å². The van der Waals surface area contributed by atoms with E-state index in [0.717, 1.165) is 17.6 Å². The Morgan fingerprint density at radius 2 is 1.16 bits per heavy atom. The van der Waals surface area contributed by atoms with Crippen LogP contribution in [0.3, 0.4) is 0 Å². The summed E-state index contributed by atoms with van der Waals surface area (Å²) in [5.41, 5.74) is 0.821. The summed E-state index contributed by atoms with van der Waals surface area (Å²) in [6.07, 6.45) is 5.26. The molecule has 0 spiro atoms. The summed E-state index contributed by atoms with van der Waals surface area (Å²) in [6.45, 7) is 3.98.